The molecule has 1 fully saturated rings. The number of nitrogens with one attached hydrogen (secondary N) is 1. The van der Waals surface area contributed by atoms with Crippen molar-refractivity contribution < 1.29 is 17.9 Å². The number of hydrogen-bond donors (Lipinski definition) is 1. The van der Waals surface area contributed by atoms with Crippen molar-refractivity contribution in [3.05, 3.63) is 64.7 Å². The van der Waals surface area contributed by atoms with E-state index in [1.165, 1.54) is 9.87 Å². The molecule has 33 heavy (non-hydrogen) atoms. The topological polar surface area (TPSA) is 79.0 Å². The number of anilines is 1. The van der Waals surface area contributed by atoms with E-state index in [0.717, 1.165) is 55.8 Å². The monoisotopic (exact) mass is 473 g/mol. The Morgan fingerprint density at radius 1 is 1.06 bits per heavy atom. The molecule has 3 rings (SSSR count). The number of aryl methyl sites for hydroxylation is 2. The van der Waals surface area contributed by atoms with Crippen LogP contribution >= 0.6 is 0 Å². The first-order valence-electron chi connectivity index (χ1n) is 11.4. The molecule has 0 radical (unpaired) electrons. The molecule has 1 saturated heterocycles. The van der Waals surface area contributed by atoms with Crippen LogP contribution in [0.25, 0.3) is 0 Å². The Hall–Kier alpha value is -2.42. The van der Waals surface area contributed by atoms with E-state index in [4.69, 9.17) is 4.74 Å². The number of amides is 1. The molecular weight excluding hydrogens is 438 g/mol. The average Bonchev–Trinajstić information content (AvgIpc) is 2.75. The highest BCUT2D eigenvalue weighted by Crippen LogP contribution is 2.25. The van der Waals surface area contributed by atoms with E-state index in [-0.39, 0.29) is 5.91 Å². The van der Waals surface area contributed by atoms with Gasteiger partial charge in [0, 0.05) is 26.2 Å². The van der Waals surface area contributed by atoms with Crippen LogP contribution in [0.15, 0.2) is 42.5 Å². The summed E-state index contributed by atoms with van der Waals surface area (Å²) in [5, 5.41) is 2.93. The van der Waals surface area contributed by atoms with Crippen molar-refractivity contribution in [2.75, 3.05) is 36.9 Å². The van der Waals surface area contributed by atoms with Crippen LogP contribution < -0.4 is 9.62 Å². The van der Waals surface area contributed by atoms with Crippen LogP contribution in [0.4, 0.5) is 5.69 Å². The standard InChI is InChI=1S/C25H35N3O4S/c1-5-24(28(33(4,30)31)23-15-19(2)14-20(3)16-23)25(29)26-17-21-6-8-22(9-7-21)18-27-10-12-32-13-11-27/h6-9,14-16,24H,5,10-13,17-18H2,1-4H3,(H,26,29)/t24-/m1/s1. The lowest BCUT2D eigenvalue weighted by atomic mass is 10.1. The van der Waals surface area contributed by atoms with E-state index >= 15 is 0 Å². The third-order valence-electron chi connectivity index (χ3n) is 5.79. The Bertz CT molecular complexity index is 1030. The molecule has 0 saturated carbocycles. The number of rotatable bonds is 9. The molecule has 0 aromatic heterocycles. The maximum Gasteiger partial charge on any atom is 0.244 e. The van der Waals surface area contributed by atoms with Gasteiger partial charge in [0.05, 0.1) is 25.2 Å². The van der Waals surface area contributed by atoms with Crippen molar-refractivity contribution >= 4 is 21.6 Å². The number of carbonyl (C=O) groups is 1. The normalized spacial score (nSPS) is 15.8. The first kappa shape index (κ1) is 25.2. The van der Waals surface area contributed by atoms with Gasteiger partial charge in [0.25, 0.3) is 0 Å². The second-order valence-corrected chi connectivity index (χ2v) is 10.6. The molecule has 7 nitrogen and oxygen atoms in total. The number of morpholine rings is 1. The number of carbonyl (C=O) groups excluding carboxylic acids is 1. The van der Waals surface area contributed by atoms with Crippen LogP contribution in [0.3, 0.4) is 0 Å². The summed E-state index contributed by atoms with van der Waals surface area (Å²) < 4.78 is 32.0. The van der Waals surface area contributed by atoms with E-state index in [1.54, 1.807) is 12.1 Å². The van der Waals surface area contributed by atoms with Gasteiger partial charge in [-0.25, -0.2) is 8.42 Å². The van der Waals surface area contributed by atoms with E-state index in [0.29, 0.717) is 18.7 Å². The zero-order valence-electron chi connectivity index (χ0n) is 20.0. The molecule has 1 atom stereocenters. The highest BCUT2D eigenvalue weighted by molar-refractivity contribution is 7.92. The predicted octanol–water partition coefficient (Wildman–Crippen LogP) is 3.00. The maximum absolute atomic E-state index is 13.1. The summed E-state index contributed by atoms with van der Waals surface area (Å²) in [5.74, 6) is -0.306. The molecule has 1 amide bonds. The molecule has 1 heterocycles. The number of ether oxygens (including phenoxy) is 1. The van der Waals surface area contributed by atoms with E-state index in [2.05, 4.69) is 22.3 Å². The summed E-state index contributed by atoms with van der Waals surface area (Å²) in [5.41, 5.74) is 4.61. The highest BCUT2D eigenvalue weighted by Gasteiger charge is 2.31. The summed E-state index contributed by atoms with van der Waals surface area (Å²) in [7, 11) is -3.65. The second kappa shape index (κ2) is 11.1. The van der Waals surface area contributed by atoms with Gasteiger partial charge in [0.2, 0.25) is 15.9 Å². The molecule has 1 aliphatic heterocycles. The molecule has 0 unspecified atom stereocenters. The van der Waals surface area contributed by atoms with Crippen molar-refractivity contribution in [3.63, 3.8) is 0 Å². The quantitative estimate of drug-likeness (QED) is 0.606. The van der Waals surface area contributed by atoms with Gasteiger partial charge in [-0.05, 0) is 54.7 Å². The Morgan fingerprint density at radius 2 is 1.64 bits per heavy atom. The number of benzene rings is 2. The fraction of sp³-hybridized carbons (Fsp3) is 0.480. The third kappa shape index (κ3) is 7.03. The van der Waals surface area contributed by atoms with E-state index in [1.807, 2.05) is 39.0 Å². The van der Waals surface area contributed by atoms with Crippen LogP contribution in [-0.2, 0) is 32.6 Å². The molecule has 8 heteroatoms. The summed E-state index contributed by atoms with van der Waals surface area (Å²) in [6.07, 6.45) is 1.51. The molecule has 0 bridgehead atoms. The van der Waals surface area contributed by atoms with Crippen LogP contribution in [0.5, 0.6) is 0 Å². The fourth-order valence-corrected chi connectivity index (χ4v) is 5.42. The SMILES string of the molecule is CC[C@H](C(=O)NCc1ccc(CN2CCOCC2)cc1)N(c1cc(C)cc(C)c1)S(C)(=O)=O. The van der Waals surface area contributed by atoms with Gasteiger partial charge < -0.3 is 10.1 Å². The Balaban J connectivity index is 1.67. The zero-order chi connectivity index (χ0) is 24.0. The lowest BCUT2D eigenvalue weighted by Crippen LogP contribution is -2.49. The van der Waals surface area contributed by atoms with Crippen molar-refractivity contribution in [1.29, 1.82) is 0 Å². The van der Waals surface area contributed by atoms with Gasteiger partial charge in [-0.3, -0.25) is 14.0 Å². The van der Waals surface area contributed by atoms with Gasteiger partial charge in [-0.2, -0.15) is 0 Å². The minimum absolute atomic E-state index is 0.306. The van der Waals surface area contributed by atoms with Gasteiger partial charge in [-0.1, -0.05) is 37.3 Å². The molecule has 1 N–H and O–H groups in total. The number of hydrogen-bond acceptors (Lipinski definition) is 5. The lowest BCUT2D eigenvalue weighted by Gasteiger charge is -2.30. The summed E-state index contributed by atoms with van der Waals surface area (Å²) in [6, 6.07) is 12.9. The molecule has 0 spiro atoms. The first-order chi connectivity index (χ1) is 15.7. The maximum atomic E-state index is 13.1. The minimum atomic E-state index is -3.65. The number of nitrogens with zero attached hydrogens (tertiary/aromatic N) is 2. The van der Waals surface area contributed by atoms with Gasteiger partial charge in [0.1, 0.15) is 6.04 Å². The van der Waals surface area contributed by atoms with Crippen LogP contribution in [0.2, 0.25) is 0 Å². The predicted molar refractivity (Wildman–Crippen MR) is 132 cm³/mol. The molecular formula is C25H35N3O4S. The molecule has 0 aliphatic carbocycles. The smallest absolute Gasteiger partial charge is 0.244 e. The summed E-state index contributed by atoms with van der Waals surface area (Å²) in [6.45, 7) is 10.3. The third-order valence-corrected chi connectivity index (χ3v) is 6.97. The van der Waals surface area contributed by atoms with Crippen LogP contribution in [-0.4, -0.2) is 57.8 Å². The van der Waals surface area contributed by atoms with Crippen molar-refractivity contribution in [3.8, 4) is 0 Å². The molecule has 180 valence electrons. The Kier molecular flexibility index (Phi) is 8.51. The van der Waals surface area contributed by atoms with Crippen molar-refractivity contribution in [2.24, 2.45) is 0 Å². The second-order valence-electron chi connectivity index (χ2n) is 8.75. The molecule has 2 aromatic rings. The van der Waals surface area contributed by atoms with Gasteiger partial charge in [-0.15, -0.1) is 0 Å². The van der Waals surface area contributed by atoms with Crippen molar-refractivity contribution in [2.45, 2.75) is 46.3 Å². The summed E-state index contributed by atoms with van der Waals surface area (Å²) in [4.78, 5) is 15.4. The minimum Gasteiger partial charge on any atom is -0.379 e. The first-order valence-corrected chi connectivity index (χ1v) is 13.3. The zero-order valence-corrected chi connectivity index (χ0v) is 20.8. The molecule has 1 aliphatic rings. The number of sulfonamides is 1. The van der Waals surface area contributed by atoms with E-state index < -0.39 is 16.1 Å². The Morgan fingerprint density at radius 3 is 2.18 bits per heavy atom. The van der Waals surface area contributed by atoms with Gasteiger partial charge >= 0.3 is 0 Å². The fourth-order valence-electron chi connectivity index (χ4n) is 4.23. The van der Waals surface area contributed by atoms with Gasteiger partial charge in [0.15, 0.2) is 0 Å². The largest absolute Gasteiger partial charge is 0.379 e. The lowest BCUT2D eigenvalue weighted by molar-refractivity contribution is -0.122. The van der Waals surface area contributed by atoms with Crippen LogP contribution in [0, 0.1) is 13.8 Å². The Labute approximate surface area is 197 Å². The molecule has 2 aromatic carbocycles. The summed E-state index contributed by atoms with van der Waals surface area (Å²) >= 11 is 0. The van der Waals surface area contributed by atoms with Crippen LogP contribution in [0.1, 0.15) is 35.6 Å². The average molecular weight is 474 g/mol. The van der Waals surface area contributed by atoms with Crippen molar-refractivity contribution in [1.82, 2.24) is 10.2 Å². The highest BCUT2D eigenvalue weighted by atomic mass is 32.2. The van der Waals surface area contributed by atoms with E-state index in [9.17, 15) is 13.2 Å².